The fourth-order valence-electron chi connectivity index (χ4n) is 3.06. The summed E-state index contributed by atoms with van der Waals surface area (Å²) in [6, 6.07) is 4.91. The minimum atomic E-state index is -4.50. The predicted octanol–water partition coefficient (Wildman–Crippen LogP) is 6.59. The van der Waals surface area contributed by atoms with Crippen LogP contribution in [-0.4, -0.2) is 11.4 Å². The van der Waals surface area contributed by atoms with E-state index in [0.29, 0.717) is 16.2 Å². The molecule has 2 aliphatic rings. The SMILES string of the molecule is FC(F)(F)c1cccc([S+](C2=CC(C(F)(F)F)CC=C2)C2C=CC=CC2)c1. The van der Waals surface area contributed by atoms with Gasteiger partial charge in [0.25, 0.3) is 0 Å². The monoisotopic (exact) mass is 403 g/mol. The van der Waals surface area contributed by atoms with Crippen molar-refractivity contribution in [1.82, 2.24) is 0 Å². The molecule has 0 fully saturated rings. The van der Waals surface area contributed by atoms with Gasteiger partial charge in [-0.15, -0.1) is 0 Å². The van der Waals surface area contributed by atoms with E-state index < -0.39 is 34.7 Å². The van der Waals surface area contributed by atoms with Gasteiger partial charge in [-0.05, 0) is 36.8 Å². The molecule has 1 aromatic carbocycles. The van der Waals surface area contributed by atoms with E-state index in [0.717, 1.165) is 12.1 Å². The van der Waals surface area contributed by atoms with E-state index in [-0.39, 0.29) is 11.7 Å². The van der Waals surface area contributed by atoms with Gasteiger partial charge in [-0.25, -0.2) is 0 Å². The maximum atomic E-state index is 13.2. The zero-order valence-electron chi connectivity index (χ0n) is 14.1. The second-order valence-corrected chi connectivity index (χ2v) is 8.53. The van der Waals surface area contributed by atoms with Gasteiger partial charge in [0.1, 0.15) is 0 Å². The van der Waals surface area contributed by atoms with Crippen LogP contribution in [0, 0.1) is 5.92 Å². The molecule has 1 aromatic rings. The molecule has 3 unspecified atom stereocenters. The molecule has 3 rings (SSSR count). The van der Waals surface area contributed by atoms with Gasteiger partial charge in [0.05, 0.1) is 22.4 Å². The van der Waals surface area contributed by atoms with E-state index in [2.05, 4.69) is 0 Å². The van der Waals surface area contributed by atoms with Crippen LogP contribution < -0.4 is 0 Å². The Hall–Kier alpha value is -1.89. The van der Waals surface area contributed by atoms with Gasteiger partial charge in [0.15, 0.2) is 15.1 Å². The van der Waals surface area contributed by atoms with Gasteiger partial charge < -0.3 is 0 Å². The number of hydrogen-bond acceptors (Lipinski definition) is 0. The summed E-state index contributed by atoms with van der Waals surface area (Å²) < 4.78 is 79.0. The Balaban J connectivity index is 2.05. The molecule has 0 aliphatic heterocycles. The predicted molar refractivity (Wildman–Crippen MR) is 95.1 cm³/mol. The van der Waals surface area contributed by atoms with Gasteiger partial charge in [-0.2, -0.15) is 26.3 Å². The highest BCUT2D eigenvalue weighted by molar-refractivity contribution is 8.01. The summed E-state index contributed by atoms with van der Waals surface area (Å²) in [5.41, 5.74) is -0.791. The second kappa shape index (κ2) is 7.62. The molecule has 0 aromatic heterocycles. The highest BCUT2D eigenvalue weighted by atomic mass is 32.2. The minimum Gasteiger partial charge on any atom is -0.170 e. The average Bonchev–Trinajstić information content (AvgIpc) is 2.62. The number of halogens is 6. The molecule has 0 saturated heterocycles. The Kier molecular flexibility index (Phi) is 5.60. The van der Waals surface area contributed by atoms with Crippen molar-refractivity contribution in [2.45, 2.75) is 35.3 Å². The van der Waals surface area contributed by atoms with Gasteiger partial charge in [0.2, 0.25) is 0 Å². The zero-order valence-corrected chi connectivity index (χ0v) is 14.9. The van der Waals surface area contributed by atoms with Gasteiger partial charge in [-0.3, -0.25) is 0 Å². The van der Waals surface area contributed by atoms with E-state index in [9.17, 15) is 26.3 Å². The molecule has 27 heavy (non-hydrogen) atoms. The van der Waals surface area contributed by atoms with Crippen molar-refractivity contribution in [3.05, 3.63) is 77.3 Å². The number of alkyl halides is 6. The third-order valence-corrected chi connectivity index (χ3v) is 6.87. The molecular formula is C20H17F6S+. The lowest BCUT2D eigenvalue weighted by Gasteiger charge is -2.22. The lowest BCUT2D eigenvalue weighted by atomic mass is 10.0. The molecule has 0 heterocycles. The smallest absolute Gasteiger partial charge is 0.170 e. The largest absolute Gasteiger partial charge is 0.416 e. The fourth-order valence-corrected chi connectivity index (χ4v) is 5.61. The Morgan fingerprint density at radius 3 is 2.33 bits per heavy atom. The number of hydrogen-bond donors (Lipinski definition) is 0. The lowest BCUT2D eigenvalue weighted by Crippen LogP contribution is -2.27. The van der Waals surface area contributed by atoms with E-state index >= 15 is 0 Å². The van der Waals surface area contributed by atoms with Crippen molar-refractivity contribution < 1.29 is 26.3 Å². The molecular weight excluding hydrogens is 386 g/mol. The Morgan fingerprint density at radius 1 is 0.926 bits per heavy atom. The zero-order chi connectivity index (χ0) is 19.7. The minimum absolute atomic E-state index is 0.146. The van der Waals surface area contributed by atoms with Crippen molar-refractivity contribution in [3.63, 3.8) is 0 Å². The summed E-state index contributed by atoms with van der Waals surface area (Å²) in [6.45, 7) is 0. The van der Waals surface area contributed by atoms with Crippen LogP contribution in [0.2, 0.25) is 0 Å². The summed E-state index contributed by atoms with van der Waals surface area (Å²) in [5, 5.41) is -0.179. The van der Waals surface area contributed by atoms with Gasteiger partial charge in [-0.1, -0.05) is 30.4 Å². The van der Waals surface area contributed by atoms with Crippen molar-refractivity contribution in [1.29, 1.82) is 0 Å². The highest BCUT2D eigenvalue weighted by Crippen LogP contribution is 2.40. The van der Waals surface area contributed by atoms with E-state index in [1.54, 1.807) is 18.2 Å². The van der Waals surface area contributed by atoms with Crippen LogP contribution in [0.3, 0.4) is 0 Å². The van der Waals surface area contributed by atoms with Crippen LogP contribution in [0.25, 0.3) is 0 Å². The van der Waals surface area contributed by atoms with Crippen LogP contribution in [0.1, 0.15) is 18.4 Å². The van der Waals surface area contributed by atoms with Crippen LogP contribution in [0.15, 0.2) is 76.6 Å². The highest BCUT2D eigenvalue weighted by Gasteiger charge is 2.43. The third kappa shape index (κ3) is 4.69. The third-order valence-electron chi connectivity index (χ3n) is 4.37. The molecule has 0 nitrogen and oxygen atoms in total. The van der Waals surface area contributed by atoms with Crippen LogP contribution in [0.4, 0.5) is 26.3 Å². The summed E-state index contributed by atoms with van der Waals surface area (Å²) in [7, 11) is -0.925. The van der Waals surface area contributed by atoms with Crippen molar-refractivity contribution in [3.8, 4) is 0 Å². The molecule has 3 atom stereocenters. The molecule has 0 N–H and O–H groups in total. The first-order chi connectivity index (χ1) is 12.7. The lowest BCUT2D eigenvalue weighted by molar-refractivity contribution is -0.160. The molecule has 0 amide bonds. The molecule has 0 bridgehead atoms. The standard InChI is InChI=1S/C20H17F6S/c21-19(22,23)14-6-4-10-17(12-14)27(16-8-2-1-3-9-16)18-11-5-7-15(13-18)20(24,25)26/h1-6,8,10-13,15-16H,7,9H2/q+1. The van der Waals surface area contributed by atoms with Crippen molar-refractivity contribution in [2.24, 2.45) is 5.92 Å². The molecule has 0 spiro atoms. The quantitative estimate of drug-likeness (QED) is 0.395. The molecule has 0 saturated carbocycles. The van der Waals surface area contributed by atoms with Crippen LogP contribution >= 0.6 is 0 Å². The Bertz CT molecular complexity index is 797. The fraction of sp³-hybridized carbons (Fsp3) is 0.300. The average molecular weight is 403 g/mol. The van der Waals surface area contributed by atoms with Crippen LogP contribution in [-0.2, 0) is 17.1 Å². The molecule has 7 heteroatoms. The summed E-state index contributed by atoms with van der Waals surface area (Å²) in [6.07, 6.45) is 3.16. The summed E-state index contributed by atoms with van der Waals surface area (Å²) in [5.74, 6) is -1.61. The topological polar surface area (TPSA) is 0 Å². The van der Waals surface area contributed by atoms with Crippen LogP contribution in [0.5, 0.6) is 0 Å². The Morgan fingerprint density at radius 2 is 1.70 bits per heavy atom. The molecule has 144 valence electrons. The number of benzene rings is 1. The van der Waals surface area contributed by atoms with E-state index in [1.807, 2.05) is 18.2 Å². The Labute approximate surface area is 156 Å². The second-order valence-electron chi connectivity index (χ2n) is 6.31. The normalized spacial score (nSPS) is 24.0. The number of allylic oxidation sites excluding steroid dienone is 6. The first-order valence-corrected chi connectivity index (χ1v) is 9.64. The molecule has 0 radical (unpaired) electrons. The van der Waals surface area contributed by atoms with Crippen molar-refractivity contribution >= 4 is 10.9 Å². The summed E-state index contributed by atoms with van der Waals surface area (Å²) >= 11 is 0. The summed E-state index contributed by atoms with van der Waals surface area (Å²) in [4.78, 5) is 0.835. The van der Waals surface area contributed by atoms with Gasteiger partial charge in [0, 0.05) is 12.5 Å². The maximum absolute atomic E-state index is 13.2. The number of rotatable bonds is 3. The van der Waals surface area contributed by atoms with E-state index in [1.165, 1.54) is 18.2 Å². The molecule has 2 aliphatic carbocycles. The van der Waals surface area contributed by atoms with Crippen molar-refractivity contribution in [2.75, 3.05) is 0 Å². The first-order valence-electron chi connectivity index (χ1n) is 8.35. The maximum Gasteiger partial charge on any atom is 0.416 e. The first kappa shape index (κ1) is 19.9. The van der Waals surface area contributed by atoms with E-state index in [4.69, 9.17) is 0 Å². The van der Waals surface area contributed by atoms with Gasteiger partial charge >= 0.3 is 12.4 Å².